The van der Waals surface area contributed by atoms with Gasteiger partial charge in [0.05, 0.1) is 0 Å². The molecule has 1 aliphatic heterocycles. The Morgan fingerprint density at radius 2 is 2.15 bits per heavy atom. The summed E-state index contributed by atoms with van der Waals surface area (Å²) in [5, 5.41) is 3.52. The summed E-state index contributed by atoms with van der Waals surface area (Å²) in [7, 11) is 0. The van der Waals surface area contributed by atoms with Crippen LogP contribution in [-0.4, -0.2) is 42.3 Å². The molecule has 0 radical (unpaired) electrons. The van der Waals surface area contributed by atoms with E-state index in [-0.39, 0.29) is 6.09 Å². The Hall–Kier alpha value is -1.03. The zero-order valence-electron chi connectivity index (χ0n) is 13.7. The van der Waals surface area contributed by atoms with E-state index in [1.165, 1.54) is 5.57 Å². The van der Waals surface area contributed by atoms with Gasteiger partial charge in [-0.2, -0.15) is 0 Å². The second kappa shape index (κ2) is 7.11. The van der Waals surface area contributed by atoms with E-state index < -0.39 is 5.60 Å². The molecule has 116 valence electrons. The summed E-state index contributed by atoms with van der Waals surface area (Å²) in [6.07, 6.45) is 1.82. The molecule has 2 atom stereocenters. The Kier molecular flexibility index (Phi) is 6.06. The highest BCUT2D eigenvalue weighted by molar-refractivity contribution is 5.68. The Labute approximate surface area is 123 Å². The van der Waals surface area contributed by atoms with Crippen LogP contribution in [-0.2, 0) is 4.74 Å². The lowest BCUT2D eigenvalue weighted by molar-refractivity contribution is 0.0285. The minimum Gasteiger partial charge on any atom is -0.444 e. The maximum Gasteiger partial charge on any atom is 0.410 e. The highest BCUT2D eigenvalue weighted by Gasteiger charge is 2.33. The van der Waals surface area contributed by atoms with Crippen LogP contribution in [0.1, 0.15) is 47.5 Å². The first-order valence-corrected chi connectivity index (χ1v) is 7.58. The van der Waals surface area contributed by atoms with Crippen molar-refractivity contribution in [3.8, 4) is 0 Å². The minimum absolute atomic E-state index is 0.189. The molecule has 1 aliphatic rings. The Bertz CT molecular complexity index is 347. The third-order valence-electron chi connectivity index (χ3n) is 3.48. The second-order valence-electron chi connectivity index (χ2n) is 6.80. The first-order valence-electron chi connectivity index (χ1n) is 7.58. The predicted molar refractivity (Wildman–Crippen MR) is 82.8 cm³/mol. The molecule has 1 saturated heterocycles. The molecule has 1 N–H and O–H groups in total. The molecule has 4 nitrogen and oxygen atoms in total. The van der Waals surface area contributed by atoms with Crippen LogP contribution in [0.2, 0.25) is 0 Å². The Balaban J connectivity index is 2.56. The fourth-order valence-corrected chi connectivity index (χ4v) is 2.65. The van der Waals surface area contributed by atoms with E-state index >= 15 is 0 Å². The van der Waals surface area contributed by atoms with Crippen LogP contribution in [0.4, 0.5) is 4.79 Å². The number of amides is 1. The highest BCUT2D eigenvalue weighted by atomic mass is 16.6. The Morgan fingerprint density at radius 1 is 1.50 bits per heavy atom. The van der Waals surface area contributed by atoms with E-state index in [0.717, 1.165) is 32.5 Å². The molecule has 0 aliphatic carbocycles. The van der Waals surface area contributed by atoms with Crippen molar-refractivity contribution in [2.75, 3.05) is 19.6 Å². The van der Waals surface area contributed by atoms with Crippen molar-refractivity contribution >= 4 is 6.09 Å². The molecule has 1 rings (SSSR count). The van der Waals surface area contributed by atoms with Crippen molar-refractivity contribution in [2.24, 2.45) is 5.92 Å². The predicted octanol–water partition coefficient (Wildman–Crippen LogP) is 3.19. The van der Waals surface area contributed by atoms with E-state index in [1.807, 2.05) is 25.7 Å². The molecular formula is C16H30N2O2. The van der Waals surface area contributed by atoms with Crippen LogP contribution in [0.3, 0.4) is 0 Å². The smallest absolute Gasteiger partial charge is 0.410 e. The maximum atomic E-state index is 12.1. The lowest BCUT2D eigenvalue weighted by Crippen LogP contribution is -2.40. The summed E-state index contributed by atoms with van der Waals surface area (Å²) in [5.41, 5.74) is 0.764. The number of nitrogens with zero attached hydrogens (tertiary/aromatic N) is 1. The van der Waals surface area contributed by atoms with Gasteiger partial charge in [0.15, 0.2) is 0 Å². The molecular weight excluding hydrogens is 252 g/mol. The van der Waals surface area contributed by atoms with Gasteiger partial charge in [0.25, 0.3) is 0 Å². The van der Waals surface area contributed by atoms with Gasteiger partial charge in [0.2, 0.25) is 0 Å². The van der Waals surface area contributed by atoms with E-state index in [9.17, 15) is 4.79 Å². The second-order valence-corrected chi connectivity index (χ2v) is 6.80. The highest BCUT2D eigenvalue weighted by Crippen LogP contribution is 2.25. The molecule has 0 saturated carbocycles. The van der Waals surface area contributed by atoms with Crippen LogP contribution in [0.5, 0.6) is 0 Å². The van der Waals surface area contributed by atoms with Gasteiger partial charge in [-0.3, -0.25) is 0 Å². The topological polar surface area (TPSA) is 41.6 Å². The number of likely N-dealkylation sites (tertiary alicyclic amines) is 1. The van der Waals surface area contributed by atoms with Gasteiger partial charge in [-0.25, -0.2) is 4.79 Å². The van der Waals surface area contributed by atoms with E-state index in [1.54, 1.807) is 0 Å². The Morgan fingerprint density at radius 3 is 2.65 bits per heavy atom. The molecule has 0 aromatic rings. The van der Waals surface area contributed by atoms with Crippen LogP contribution in [0.15, 0.2) is 12.2 Å². The molecule has 0 bridgehead atoms. The lowest BCUT2D eigenvalue weighted by Gasteiger charge is -2.26. The van der Waals surface area contributed by atoms with E-state index in [4.69, 9.17) is 4.74 Å². The first kappa shape index (κ1) is 17.0. The van der Waals surface area contributed by atoms with Crippen molar-refractivity contribution in [3.05, 3.63) is 12.2 Å². The average molecular weight is 282 g/mol. The zero-order chi connectivity index (χ0) is 15.3. The number of rotatable bonds is 5. The summed E-state index contributed by atoms with van der Waals surface area (Å²) >= 11 is 0. The van der Waals surface area contributed by atoms with Crippen LogP contribution in [0.25, 0.3) is 0 Å². The maximum absolute atomic E-state index is 12.1. The van der Waals surface area contributed by atoms with Crippen LogP contribution in [0, 0.1) is 5.92 Å². The van der Waals surface area contributed by atoms with Gasteiger partial charge in [-0.1, -0.05) is 12.5 Å². The standard InChI is InChI=1S/C16H30N2O2/c1-7-17-14(10-12(2)3)13-8-9-18(11-13)15(19)20-16(4,5)6/h13-14,17H,2,7-11H2,1,3-6H3. The largest absolute Gasteiger partial charge is 0.444 e. The molecule has 0 aromatic carbocycles. The fraction of sp³-hybridized carbons (Fsp3) is 0.812. The number of ether oxygens (including phenoxy) is 1. The van der Waals surface area contributed by atoms with Gasteiger partial charge in [0, 0.05) is 19.1 Å². The summed E-state index contributed by atoms with van der Waals surface area (Å²) in [6, 6.07) is 0.407. The molecule has 1 heterocycles. The normalized spacial score (nSPS) is 20.9. The third kappa shape index (κ3) is 5.53. The summed E-state index contributed by atoms with van der Waals surface area (Å²) in [5.74, 6) is 0.485. The van der Waals surface area contributed by atoms with Crippen molar-refractivity contribution in [3.63, 3.8) is 0 Å². The molecule has 2 unspecified atom stereocenters. The quantitative estimate of drug-likeness (QED) is 0.787. The molecule has 1 fully saturated rings. The summed E-state index contributed by atoms with van der Waals surface area (Å²) in [4.78, 5) is 13.9. The van der Waals surface area contributed by atoms with E-state index in [0.29, 0.717) is 12.0 Å². The number of nitrogens with one attached hydrogen (secondary N) is 1. The first-order chi connectivity index (χ1) is 9.23. The SMILES string of the molecule is C=C(C)CC(NCC)C1CCN(C(=O)OC(C)(C)C)C1. The van der Waals surface area contributed by atoms with E-state index in [2.05, 4.69) is 25.7 Å². The number of hydrogen-bond donors (Lipinski definition) is 1. The fourth-order valence-electron chi connectivity index (χ4n) is 2.65. The van der Waals surface area contributed by atoms with Crippen molar-refractivity contribution in [1.82, 2.24) is 10.2 Å². The van der Waals surface area contributed by atoms with Gasteiger partial charge in [-0.05, 0) is 53.0 Å². The number of carbonyl (C=O) groups excluding carboxylic acids is 1. The number of hydrogen-bond acceptors (Lipinski definition) is 3. The number of carbonyl (C=O) groups is 1. The summed E-state index contributed by atoms with van der Waals surface area (Å²) in [6.45, 7) is 16.4. The lowest BCUT2D eigenvalue weighted by atomic mass is 9.93. The third-order valence-corrected chi connectivity index (χ3v) is 3.48. The summed E-state index contributed by atoms with van der Waals surface area (Å²) < 4.78 is 5.44. The van der Waals surface area contributed by atoms with Crippen LogP contribution >= 0.6 is 0 Å². The minimum atomic E-state index is -0.423. The molecule has 4 heteroatoms. The zero-order valence-corrected chi connectivity index (χ0v) is 13.7. The molecule has 0 aromatic heterocycles. The van der Waals surface area contributed by atoms with Crippen molar-refractivity contribution < 1.29 is 9.53 Å². The monoisotopic (exact) mass is 282 g/mol. The van der Waals surface area contributed by atoms with Gasteiger partial charge in [0.1, 0.15) is 5.60 Å². The van der Waals surface area contributed by atoms with Gasteiger partial charge < -0.3 is 15.0 Å². The van der Waals surface area contributed by atoms with Crippen molar-refractivity contribution in [2.45, 2.75) is 59.1 Å². The molecule has 20 heavy (non-hydrogen) atoms. The average Bonchev–Trinajstić information content (AvgIpc) is 2.74. The molecule has 1 amide bonds. The van der Waals surface area contributed by atoms with Gasteiger partial charge >= 0.3 is 6.09 Å². The van der Waals surface area contributed by atoms with Crippen molar-refractivity contribution in [1.29, 1.82) is 0 Å². The van der Waals surface area contributed by atoms with Gasteiger partial charge in [-0.15, -0.1) is 6.58 Å². The molecule has 0 spiro atoms. The van der Waals surface area contributed by atoms with Crippen LogP contribution < -0.4 is 5.32 Å².